The Morgan fingerprint density at radius 2 is 2.10 bits per heavy atom. The van der Waals surface area contributed by atoms with E-state index in [1.165, 1.54) is 11.3 Å². The van der Waals surface area contributed by atoms with Crippen molar-refractivity contribution in [2.75, 3.05) is 13.2 Å². The van der Waals surface area contributed by atoms with Crippen molar-refractivity contribution in [1.82, 2.24) is 5.32 Å². The van der Waals surface area contributed by atoms with Gasteiger partial charge in [-0.15, -0.1) is 11.3 Å². The number of thiophene rings is 1. The highest BCUT2D eigenvalue weighted by Crippen LogP contribution is 2.11. The molecule has 1 aromatic heterocycles. The van der Waals surface area contributed by atoms with Gasteiger partial charge in [-0.25, -0.2) is 4.79 Å². The number of hydrogen-bond acceptors (Lipinski definition) is 4. The van der Waals surface area contributed by atoms with E-state index < -0.39 is 5.97 Å². The summed E-state index contributed by atoms with van der Waals surface area (Å²) in [6.45, 7) is 0.196. The summed E-state index contributed by atoms with van der Waals surface area (Å²) in [5.41, 5.74) is 1.04. The number of nitrogens with one attached hydrogen (secondary N) is 1. The molecule has 0 unspecified atom stereocenters. The molecule has 0 bridgehead atoms. The number of carbonyl (C=O) groups is 2. The Labute approximate surface area is 131 Å². The Bertz CT molecular complexity index is 613. The van der Waals surface area contributed by atoms with E-state index in [0.717, 1.165) is 5.56 Å². The van der Waals surface area contributed by atoms with Crippen LogP contribution in [-0.4, -0.2) is 25.0 Å². The lowest BCUT2D eigenvalue weighted by molar-refractivity contribution is -0.124. The van der Waals surface area contributed by atoms with E-state index in [1.807, 2.05) is 18.2 Å². The number of halogens is 1. The van der Waals surface area contributed by atoms with Gasteiger partial charge in [0.1, 0.15) is 4.88 Å². The van der Waals surface area contributed by atoms with E-state index >= 15 is 0 Å². The summed E-state index contributed by atoms with van der Waals surface area (Å²) in [6.07, 6.45) is 0.672. The molecule has 1 N–H and O–H groups in total. The lowest BCUT2D eigenvalue weighted by atomic mass is 10.1. The molecular weight excluding hydrogens is 310 g/mol. The van der Waals surface area contributed by atoms with Crippen molar-refractivity contribution in [3.05, 3.63) is 57.2 Å². The molecule has 1 aromatic carbocycles. The molecule has 0 radical (unpaired) electrons. The molecule has 2 aromatic rings. The van der Waals surface area contributed by atoms with Crippen molar-refractivity contribution in [3.63, 3.8) is 0 Å². The van der Waals surface area contributed by atoms with E-state index in [1.54, 1.807) is 23.6 Å². The van der Waals surface area contributed by atoms with Crippen molar-refractivity contribution in [3.8, 4) is 0 Å². The van der Waals surface area contributed by atoms with Gasteiger partial charge < -0.3 is 10.1 Å². The molecule has 0 fully saturated rings. The third-order valence-corrected chi connectivity index (χ3v) is 3.77. The summed E-state index contributed by atoms with van der Waals surface area (Å²) in [5, 5.41) is 5.14. The standard InChI is InChI=1S/C15H14ClNO3S/c16-12-4-1-3-11(9-12)6-7-17-14(18)10-20-15(19)13-5-2-8-21-13/h1-5,8-9H,6-7,10H2,(H,17,18). The minimum absolute atomic E-state index is 0.272. The summed E-state index contributed by atoms with van der Waals surface area (Å²) >= 11 is 7.16. The zero-order valence-electron chi connectivity index (χ0n) is 11.2. The highest BCUT2D eigenvalue weighted by molar-refractivity contribution is 7.11. The second kappa shape index (κ2) is 7.81. The predicted octanol–water partition coefficient (Wildman–Crippen LogP) is 2.92. The maximum absolute atomic E-state index is 11.6. The molecule has 0 atom stereocenters. The second-order valence-corrected chi connectivity index (χ2v) is 5.67. The second-order valence-electron chi connectivity index (χ2n) is 4.28. The number of amides is 1. The van der Waals surface area contributed by atoms with Gasteiger partial charge in [0.05, 0.1) is 0 Å². The first-order valence-corrected chi connectivity index (χ1v) is 7.62. The minimum Gasteiger partial charge on any atom is -0.451 e. The van der Waals surface area contributed by atoms with Crippen LogP contribution in [0.25, 0.3) is 0 Å². The van der Waals surface area contributed by atoms with Crippen LogP contribution in [0.15, 0.2) is 41.8 Å². The van der Waals surface area contributed by atoms with Crippen LogP contribution in [0.1, 0.15) is 15.2 Å². The molecular formula is C15H14ClNO3S. The van der Waals surface area contributed by atoms with E-state index in [2.05, 4.69) is 5.32 Å². The SMILES string of the molecule is O=C(COC(=O)c1cccs1)NCCc1cccc(Cl)c1. The number of rotatable bonds is 6. The Kier molecular flexibility index (Phi) is 5.78. The fourth-order valence-corrected chi connectivity index (χ4v) is 2.52. The van der Waals surface area contributed by atoms with Crippen LogP contribution in [0.2, 0.25) is 5.02 Å². The van der Waals surface area contributed by atoms with Crippen LogP contribution < -0.4 is 5.32 Å². The van der Waals surface area contributed by atoms with Gasteiger partial charge in [-0.1, -0.05) is 29.8 Å². The van der Waals surface area contributed by atoms with Crippen molar-refractivity contribution in [1.29, 1.82) is 0 Å². The molecule has 1 amide bonds. The molecule has 1 heterocycles. The zero-order chi connectivity index (χ0) is 15.1. The lowest BCUT2D eigenvalue weighted by Crippen LogP contribution is -2.30. The molecule has 4 nitrogen and oxygen atoms in total. The summed E-state index contributed by atoms with van der Waals surface area (Å²) < 4.78 is 4.91. The lowest BCUT2D eigenvalue weighted by Gasteiger charge is -2.06. The van der Waals surface area contributed by atoms with Crippen molar-refractivity contribution in [2.45, 2.75) is 6.42 Å². The summed E-state index contributed by atoms with van der Waals surface area (Å²) in [4.78, 5) is 23.6. The average Bonchev–Trinajstić information content (AvgIpc) is 2.99. The third kappa shape index (κ3) is 5.21. The molecule has 0 saturated heterocycles. The van der Waals surface area contributed by atoms with Gasteiger partial charge in [0.2, 0.25) is 0 Å². The van der Waals surface area contributed by atoms with Crippen LogP contribution in [0.3, 0.4) is 0 Å². The Morgan fingerprint density at radius 1 is 1.24 bits per heavy atom. The number of esters is 1. The van der Waals surface area contributed by atoms with E-state index in [4.69, 9.17) is 16.3 Å². The largest absolute Gasteiger partial charge is 0.451 e. The van der Waals surface area contributed by atoms with Gasteiger partial charge in [0.25, 0.3) is 5.91 Å². The van der Waals surface area contributed by atoms with E-state index in [9.17, 15) is 9.59 Å². The molecule has 0 aliphatic rings. The van der Waals surface area contributed by atoms with Gasteiger partial charge in [-0.2, -0.15) is 0 Å². The van der Waals surface area contributed by atoms with Gasteiger partial charge in [0.15, 0.2) is 6.61 Å². The Morgan fingerprint density at radius 3 is 2.81 bits per heavy atom. The first-order chi connectivity index (χ1) is 10.1. The van der Waals surface area contributed by atoms with Gasteiger partial charge in [0, 0.05) is 11.6 Å². The minimum atomic E-state index is -0.477. The predicted molar refractivity (Wildman–Crippen MR) is 82.8 cm³/mol. The maximum Gasteiger partial charge on any atom is 0.348 e. The smallest absolute Gasteiger partial charge is 0.348 e. The maximum atomic E-state index is 11.6. The summed E-state index contributed by atoms with van der Waals surface area (Å²) in [6, 6.07) is 10.9. The molecule has 0 aliphatic carbocycles. The first kappa shape index (κ1) is 15.5. The molecule has 2 rings (SSSR count). The van der Waals surface area contributed by atoms with Crippen LogP contribution in [0.4, 0.5) is 0 Å². The molecule has 21 heavy (non-hydrogen) atoms. The fourth-order valence-electron chi connectivity index (χ4n) is 1.69. The number of hydrogen-bond donors (Lipinski definition) is 1. The highest BCUT2D eigenvalue weighted by atomic mass is 35.5. The fraction of sp³-hybridized carbons (Fsp3) is 0.200. The number of ether oxygens (including phenoxy) is 1. The number of benzene rings is 1. The number of carbonyl (C=O) groups excluding carboxylic acids is 2. The van der Waals surface area contributed by atoms with Crippen molar-refractivity contribution >= 4 is 34.8 Å². The summed E-state index contributed by atoms with van der Waals surface area (Å²) in [7, 11) is 0. The van der Waals surface area contributed by atoms with Crippen molar-refractivity contribution < 1.29 is 14.3 Å². The highest BCUT2D eigenvalue weighted by Gasteiger charge is 2.10. The van der Waals surface area contributed by atoms with E-state index in [-0.39, 0.29) is 12.5 Å². The first-order valence-electron chi connectivity index (χ1n) is 6.37. The van der Waals surface area contributed by atoms with Crippen molar-refractivity contribution in [2.24, 2.45) is 0 Å². The average molecular weight is 324 g/mol. The van der Waals surface area contributed by atoms with Crippen LogP contribution in [0.5, 0.6) is 0 Å². The van der Waals surface area contributed by atoms with Crippen LogP contribution >= 0.6 is 22.9 Å². The quantitative estimate of drug-likeness (QED) is 0.832. The van der Waals surface area contributed by atoms with Crippen LogP contribution in [-0.2, 0) is 16.0 Å². The third-order valence-electron chi connectivity index (χ3n) is 2.68. The van der Waals surface area contributed by atoms with Crippen LogP contribution in [0, 0.1) is 0 Å². The van der Waals surface area contributed by atoms with Gasteiger partial charge in [-0.3, -0.25) is 4.79 Å². The Hall–Kier alpha value is -1.85. The molecule has 0 saturated carbocycles. The zero-order valence-corrected chi connectivity index (χ0v) is 12.7. The monoisotopic (exact) mass is 323 g/mol. The van der Waals surface area contributed by atoms with Gasteiger partial charge in [-0.05, 0) is 35.6 Å². The summed E-state index contributed by atoms with van der Waals surface area (Å²) in [5.74, 6) is -0.795. The molecule has 110 valence electrons. The topological polar surface area (TPSA) is 55.4 Å². The molecule has 0 aliphatic heterocycles. The normalized spacial score (nSPS) is 10.1. The van der Waals surface area contributed by atoms with E-state index in [0.29, 0.717) is 22.9 Å². The van der Waals surface area contributed by atoms with Gasteiger partial charge >= 0.3 is 5.97 Å². The molecule has 6 heteroatoms. The molecule has 0 spiro atoms. The Balaban J connectivity index is 1.67.